The topological polar surface area (TPSA) is 53.4 Å². The number of aromatic carboxylic acids is 1. The maximum absolute atomic E-state index is 10.9. The summed E-state index contributed by atoms with van der Waals surface area (Å²) in [5.41, 5.74) is 1.19. The van der Waals surface area contributed by atoms with E-state index in [1.165, 1.54) is 38.3 Å². The molecule has 0 amide bonds. The summed E-state index contributed by atoms with van der Waals surface area (Å²) in [6.07, 6.45) is 7.75. The number of carboxylic acid groups (broad SMARTS) is 1. The normalized spacial score (nSPS) is 16.6. The van der Waals surface area contributed by atoms with Gasteiger partial charge in [-0.3, -0.25) is 0 Å². The minimum Gasteiger partial charge on any atom is -0.478 e. The van der Waals surface area contributed by atoms with Crippen LogP contribution < -0.4 is 4.90 Å². The smallest absolute Gasteiger partial charge is 0.337 e. The van der Waals surface area contributed by atoms with Gasteiger partial charge in [-0.05, 0) is 31.4 Å². The number of hydrogen-bond acceptors (Lipinski definition) is 3. The van der Waals surface area contributed by atoms with Crippen LogP contribution in [-0.4, -0.2) is 29.1 Å². The van der Waals surface area contributed by atoms with E-state index in [2.05, 4.69) is 16.9 Å². The molecular formula is C14H20N2O2. The van der Waals surface area contributed by atoms with E-state index < -0.39 is 5.97 Å². The zero-order valence-electron chi connectivity index (χ0n) is 11.0. The highest BCUT2D eigenvalue weighted by atomic mass is 16.4. The van der Waals surface area contributed by atoms with Crippen molar-refractivity contribution in [3.8, 4) is 0 Å². The van der Waals surface area contributed by atoms with Crippen LogP contribution in [0.4, 0.5) is 5.82 Å². The predicted molar refractivity (Wildman–Crippen MR) is 71.2 cm³/mol. The fourth-order valence-electron chi connectivity index (χ4n) is 2.70. The van der Waals surface area contributed by atoms with Gasteiger partial charge in [0.1, 0.15) is 5.82 Å². The van der Waals surface area contributed by atoms with Crippen molar-refractivity contribution in [2.24, 2.45) is 0 Å². The van der Waals surface area contributed by atoms with Crippen LogP contribution in [0.3, 0.4) is 0 Å². The van der Waals surface area contributed by atoms with Crippen molar-refractivity contribution in [1.29, 1.82) is 0 Å². The fourth-order valence-corrected chi connectivity index (χ4v) is 2.70. The van der Waals surface area contributed by atoms with Gasteiger partial charge in [0.2, 0.25) is 0 Å². The molecule has 1 aliphatic carbocycles. The molecule has 1 aromatic rings. The third-order valence-corrected chi connectivity index (χ3v) is 3.75. The van der Waals surface area contributed by atoms with E-state index >= 15 is 0 Å². The molecule has 1 fully saturated rings. The highest BCUT2D eigenvalue weighted by Gasteiger charge is 2.20. The van der Waals surface area contributed by atoms with Gasteiger partial charge in [0.05, 0.1) is 5.56 Å². The van der Waals surface area contributed by atoms with Gasteiger partial charge in [-0.1, -0.05) is 19.3 Å². The molecule has 0 saturated heterocycles. The van der Waals surface area contributed by atoms with Gasteiger partial charge < -0.3 is 10.0 Å². The van der Waals surface area contributed by atoms with Gasteiger partial charge in [0, 0.05) is 19.3 Å². The summed E-state index contributed by atoms with van der Waals surface area (Å²) >= 11 is 0. The summed E-state index contributed by atoms with van der Waals surface area (Å²) in [5, 5.41) is 8.93. The number of pyridine rings is 1. The molecule has 0 radical (unpaired) electrons. The van der Waals surface area contributed by atoms with E-state index in [4.69, 9.17) is 5.11 Å². The van der Waals surface area contributed by atoms with Crippen LogP contribution in [-0.2, 0) is 0 Å². The first kappa shape index (κ1) is 12.9. The van der Waals surface area contributed by atoms with E-state index in [1.54, 1.807) is 6.07 Å². The van der Waals surface area contributed by atoms with Crippen LogP contribution in [0.15, 0.2) is 12.3 Å². The Morgan fingerprint density at radius 1 is 1.39 bits per heavy atom. The van der Waals surface area contributed by atoms with Crippen molar-refractivity contribution in [1.82, 2.24) is 4.98 Å². The number of aryl methyl sites for hydroxylation is 1. The zero-order chi connectivity index (χ0) is 13.1. The first-order valence-corrected chi connectivity index (χ1v) is 6.52. The van der Waals surface area contributed by atoms with Gasteiger partial charge in [0.15, 0.2) is 0 Å². The Kier molecular flexibility index (Phi) is 3.84. The van der Waals surface area contributed by atoms with Gasteiger partial charge in [-0.15, -0.1) is 0 Å². The van der Waals surface area contributed by atoms with Crippen molar-refractivity contribution in [2.45, 2.75) is 45.1 Å². The number of aromatic nitrogens is 1. The minimum atomic E-state index is -0.919. The highest BCUT2D eigenvalue weighted by Crippen LogP contribution is 2.26. The molecule has 18 heavy (non-hydrogen) atoms. The SMILES string of the molecule is Cc1cc(C(=O)O)cnc1N(C)C1CCCCC1. The van der Waals surface area contributed by atoms with Crippen LogP contribution in [0.25, 0.3) is 0 Å². The van der Waals surface area contributed by atoms with Gasteiger partial charge in [-0.2, -0.15) is 0 Å². The van der Waals surface area contributed by atoms with Crippen molar-refractivity contribution in [2.75, 3.05) is 11.9 Å². The zero-order valence-corrected chi connectivity index (χ0v) is 11.0. The summed E-state index contributed by atoms with van der Waals surface area (Å²) in [7, 11) is 2.06. The molecule has 98 valence electrons. The van der Waals surface area contributed by atoms with Crippen molar-refractivity contribution in [3.63, 3.8) is 0 Å². The lowest BCUT2D eigenvalue weighted by Gasteiger charge is -2.33. The van der Waals surface area contributed by atoms with Crippen molar-refractivity contribution >= 4 is 11.8 Å². The number of carbonyl (C=O) groups is 1. The molecule has 0 aromatic carbocycles. The molecule has 0 atom stereocenters. The minimum absolute atomic E-state index is 0.258. The second-order valence-corrected chi connectivity index (χ2v) is 5.07. The lowest BCUT2D eigenvalue weighted by atomic mass is 9.94. The first-order chi connectivity index (χ1) is 8.59. The molecule has 1 heterocycles. The van der Waals surface area contributed by atoms with Crippen molar-refractivity contribution < 1.29 is 9.90 Å². The highest BCUT2D eigenvalue weighted by molar-refractivity contribution is 5.87. The number of hydrogen-bond donors (Lipinski definition) is 1. The Hall–Kier alpha value is -1.58. The number of carboxylic acids is 1. The Balaban J connectivity index is 2.19. The molecular weight excluding hydrogens is 228 g/mol. The van der Waals surface area contributed by atoms with Crippen LogP contribution in [0.2, 0.25) is 0 Å². The van der Waals surface area contributed by atoms with Crippen LogP contribution in [0, 0.1) is 6.92 Å². The average Bonchev–Trinajstić information content (AvgIpc) is 2.38. The van der Waals surface area contributed by atoms with Crippen LogP contribution >= 0.6 is 0 Å². The largest absolute Gasteiger partial charge is 0.478 e. The first-order valence-electron chi connectivity index (χ1n) is 6.52. The van der Waals surface area contributed by atoms with Crippen LogP contribution in [0.5, 0.6) is 0 Å². The van der Waals surface area contributed by atoms with Crippen LogP contribution in [0.1, 0.15) is 48.0 Å². The molecule has 1 saturated carbocycles. The summed E-state index contributed by atoms with van der Waals surface area (Å²) < 4.78 is 0. The number of anilines is 1. The Morgan fingerprint density at radius 3 is 2.61 bits per heavy atom. The van der Waals surface area contributed by atoms with Gasteiger partial charge in [0.25, 0.3) is 0 Å². The molecule has 1 N–H and O–H groups in total. The fraction of sp³-hybridized carbons (Fsp3) is 0.571. The molecule has 0 aliphatic heterocycles. The summed E-state index contributed by atoms with van der Waals surface area (Å²) in [4.78, 5) is 17.4. The molecule has 4 nitrogen and oxygen atoms in total. The molecule has 0 unspecified atom stereocenters. The third-order valence-electron chi connectivity index (χ3n) is 3.75. The Morgan fingerprint density at radius 2 is 2.06 bits per heavy atom. The predicted octanol–water partition coefficient (Wildman–Crippen LogP) is 2.86. The molecule has 0 spiro atoms. The maximum atomic E-state index is 10.9. The van der Waals surface area contributed by atoms with E-state index in [0.29, 0.717) is 6.04 Å². The van der Waals surface area contributed by atoms with Gasteiger partial charge >= 0.3 is 5.97 Å². The summed E-state index contributed by atoms with van der Waals surface area (Å²) in [6.45, 7) is 1.92. The average molecular weight is 248 g/mol. The molecule has 2 rings (SSSR count). The van der Waals surface area contributed by atoms with Crippen molar-refractivity contribution in [3.05, 3.63) is 23.4 Å². The maximum Gasteiger partial charge on any atom is 0.337 e. The molecule has 0 bridgehead atoms. The van der Waals surface area contributed by atoms with Gasteiger partial charge in [-0.25, -0.2) is 9.78 Å². The number of rotatable bonds is 3. The van der Waals surface area contributed by atoms with E-state index in [9.17, 15) is 4.79 Å². The lowest BCUT2D eigenvalue weighted by Crippen LogP contribution is -2.34. The standard InChI is InChI=1S/C14H20N2O2/c1-10-8-11(14(17)18)9-15-13(10)16(2)12-6-4-3-5-7-12/h8-9,12H,3-7H2,1-2H3,(H,17,18). The quantitative estimate of drug-likeness (QED) is 0.893. The third kappa shape index (κ3) is 2.63. The lowest BCUT2D eigenvalue weighted by molar-refractivity contribution is 0.0696. The van der Waals surface area contributed by atoms with E-state index in [-0.39, 0.29) is 5.56 Å². The molecule has 1 aromatic heterocycles. The van der Waals surface area contributed by atoms with E-state index in [1.807, 2.05) is 6.92 Å². The monoisotopic (exact) mass is 248 g/mol. The summed E-state index contributed by atoms with van der Waals surface area (Å²) in [6, 6.07) is 2.24. The number of nitrogens with zero attached hydrogens (tertiary/aromatic N) is 2. The molecule has 4 heteroatoms. The molecule has 1 aliphatic rings. The van der Waals surface area contributed by atoms with E-state index in [0.717, 1.165) is 11.4 Å². The Labute approximate surface area is 108 Å². The summed E-state index contributed by atoms with van der Waals surface area (Å²) in [5.74, 6) is -0.00984. The second-order valence-electron chi connectivity index (χ2n) is 5.07. The Bertz CT molecular complexity index is 439. The second kappa shape index (κ2) is 5.38.